The molecule has 1 heterocycles. The standard InChI is InChI=1S/C14H17N3O3S/c1-19-9-3-4-10(12(7-9)20-2)17-14(18)11-8-21-13(16-11)5-6-15/h3-4,7-8H,5-6,15H2,1-2H3,(H,17,18). The van der Waals surface area contributed by atoms with E-state index in [1.165, 1.54) is 18.4 Å². The minimum Gasteiger partial charge on any atom is -0.497 e. The van der Waals surface area contributed by atoms with Crippen molar-refractivity contribution < 1.29 is 14.3 Å². The van der Waals surface area contributed by atoms with Crippen molar-refractivity contribution in [3.63, 3.8) is 0 Å². The summed E-state index contributed by atoms with van der Waals surface area (Å²) < 4.78 is 10.4. The lowest BCUT2D eigenvalue weighted by Crippen LogP contribution is -2.13. The number of anilines is 1. The maximum atomic E-state index is 12.2. The van der Waals surface area contributed by atoms with Crippen LogP contribution in [-0.4, -0.2) is 31.7 Å². The molecule has 3 N–H and O–H groups in total. The average molecular weight is 307 g/mol. The Hall–Kier alpha value is -2.12. The molecule has 0 fully saturated rings. The van der Waals surface area contributed by atoms with E-state index in [9.17, 15) is 4.79 Å². The third-order valence-corrected chi connectivity index (χ3v) is 3.71. The number of nitrogens with one attached hydrogen (secondary N) is 1. The number of amides is 1. The maximum absolute atomic E-state index is 12.2. The van der Waals surface area contributed by atoms with E-state index in [4.69, 9.17) is 15.2 Å². The summed E-state index contributed by atoms with van der Waals surface area (Å²) >= 11 is 1.43. The van der Waals surface area contributed by atoms with Crippen molar-refractivity contribution in [1.29, 1.82) is 0 Å². The Bertz CT molecular complexity index is 628. The lowest BCUT2D eigenvalue weighted by molar-refractivity contribution is 0.102. The number of carbonyl (C=O) groups is 1. The van der Waals surface area contributed by atoms with Crippen LogP contribution in [0.4, 0.5) is 5.69 Å². The van der Waals surface area contributed by atoms with Gasteiger partial charge in [-0.1, -0.05) is 0 Å². The van der Waals surface area contributed by atoms with E-state index in [1.54, 1.807) is 30.7 Å². The largest absolute Gasteiger partial charge is 0.497 e. The Balaban J connectivity index is 2.14. The SMILES string of the molecule is COc1ccc(NC(=O)c2csc(CCN)n2)c(OC)c1. The zero-order valence-electron chi connectivity index (χ0n) is 11.9. The van der Waals surface area contributed by atoms with Gasteiger partial charge in [-0.2, -0.15) is 0 Å². The van der Waals surface area contributed by atoms with Crippen LogP contribution in [0.25, 0.3) is 0 Å². The van der Waals surface area contributed by atoms with Crippen LogP contribution in [-0.2, 0) is 6.42 Å². The van der Waals surface area contributed by atoms with Crippen molar-refractivity contribution in [2.24, 2.45) is 5.73 Å². The molecule has 1 aromatic carbocycles. The molecule has 0 spiro atoms. The van der Waals surface area contributed by atoms with Gasteiger partial charge >= 0.3 is 0 Å². The fourth-order valence-corrected chi connectivity index (χ4v) is 2.54. The van der Waals surface area contributed by atoms with E-state index in [-0.39, 0.29) is 5.91 Å². The zero-order valence-corrected chi connectivity index (χ0v) is 12.7. The minimum absolute atomic E-state index is 0.280. The fourth-order valence-electron chi connectivity index (χ4n) is 1.74. The molecule has 112 valence electrons. The molecule has 21 heavy (non-hydrogen) atoms. The third kappa shape index (κ3) is 3.71. The normalized spacial score (nSPS) is 10.2. The summed E-state index contributed by atoms with van der Waals surface area (Å²) in [6, 6.07) is 5.18. The Morgan fingerprint density at radius 1 is 1.38 bits per heavy atom. The van der Waals surface area contributed by atoms with Crippen LogP contribution in [0.2, 0.25) is 0 Å². The van der Waals surface area contributed by atoms with E-state index in [2.05, 4.69) is 10.3 Å². The molecule has 0 unspecified atom stereocenters. The molecule has 0 bridgehead atoms. The number of hydrogen-bond acceptors (Lipinski definition) is 6. The number of aromatic nitrogens is 1. The number of thiazole rings is 1. The van der Waals surface area contributed by atoms with Gasteiger partial charge in [-0.15, -0.1) is 11.3 Å². The predicted octanol–water partition coefficient (Wildman–Crippen LogP) is 1.91. The van der Waals surface area contributed by atoms with Crippen LogP contribution in [0.15, 0.2) is 23.6 Å². The lowest BCUT2D eigenvalue weighted by Gasteiger charge is -2.10. The summed E-state index contributed by atoms with van der Waals surface area (Å²) in [5.74, 6) is 0.904. The summed E-state index contributed by atoms with van der Waals surface area (Å²) in [5, 5.41) is 5.35. The van der Waals surface area contributed by atoms with Crippen molar-refractivity contribution in [2.75, 3.05) is 26.1 Å². The van der Waals surface area contributed by atoms with Crippen LogP contribution < -0.4 is 20.5 Å². The van der Waals surface area contributed by atoms with Crippen LogP contribution in [0.1, 0.15) is 15.5 Å². The van der Waals surface area contributed by atoms with Gasteiger partial charge in [-0.3, -0.25) is 4.79 Å². The van der Waals surface area contributed by atoms with Gasteiger partial charge in [0, 0.05) is 17.9 Å². The van der Waals surface area contributed by atoms with Crippen molar-refractivity contribution in [3.8, 4) is 11.5 Å². The first-order chi connectivity index (χ1) is 10.2. The maximum Gasteiger partial charge on any atom is 0.275 e. The smallest absolute Gasteiger partial charge is 0.275 e. The van der Waals surface area contributed by atoms with Gasteiger partial charge in [0.15, 0.2) is 0 Å². The van der Waals surface area contributed by atoms with Crippen molar-refractivity contribution >= 4 is 22.9 Å². The molecule has 6 nitrogen and oxygen atoms in total. The Morgan fingerprint density at radius 3 is 2.86 bits per heavy atom. The third-order valence-electron chi connectivity index (χ3n) is 2.80. The highest BCUT2D eigenvalue weighted by Crippen LogP contribution is 2.29. The minimum atomic E-state index is -0.280. The molecule has 0 aliphatic heterocycles. The lowest BCUT2D eigenvalue weighted by atomic mass is 10.2. The average Bonchev–Trinajstić information content (AvgIpc) is 2.96. The van der Waals surface area contributed by atoms with Gasteiger partial charge in [0.05, 0.1) is 24.9 Å². The molecule has 0 aliphatic carbocycles. The van der Waals surface area contributed by atoms with E-state index in [0.717, 1.165) is 5.01 Å². The van der Waals surface area contributed by atoms with Gasteiger partial charge in [-0.25, -0.2) is 4.98 Å². The molecular formula is C14H17N3O3S. The number of benzene rings is 1. The van der Waals surface area contributed by atoms with Crippen LogP contribution >= 0.6 is 11.3 Å². The molecule has 2 rings (SSSR count). The Kier molecular flexibility index (Phi) is 5.13. The first-order valence-corrected chi connectivity index (χ1v) is 7.23. The topological polar surface area (TPSA) is 86.5 Å². The summed E-state index contributed by atoms with van der Waals surface area (Å²) in [7, 11) is 3.11. The molecule has 0 aliphatic rings. The highest BCUT2D eigenvalue weighted by molar-refractivity contribution is 7.09. The predicted molar refractivity (Wildman–Crippen MR) is 82.4 cm³/mol. The second-order valence-corrected chi connectivity index (χ2v) is 5.13. The summed E-state index contributed by atoms with van der Waals surface area (Å²) in [4.78, 5) is 16.4. The molecule has 1 amide bonds. The second-order valence-electron chi connectivity index (χ2n) is 4.19. The number of nitrogens with zero attached hydrogens (tertiary/aromatic N) is 1. The summed E-state index contributed by atoms with van der Waals surface area (Å²) in [6.07, 6.45) is 0.670. The van der Waals surface area contributed by atoms with E-state index in [0.29, 0.717) is 35.8 Å². The fraction of sp³-hybridized carbons (Fsp3) is 0.286. The van der Waals surface area contributed by atoms with Gasteiger partial charge in [0.1, 0.15) is 17.2 Å². The first kappa shape index (κ1) is 15.3. The molecule has 2 aromatic rings. The molecular weight excluding hydrogens is 290 g/mol. The summed E-state index contributed by atoms with van der Waals surface area (Å²) in [6.45, 7) is 0.515. The second kappa shape index (κ2) is 7.05. The zero-order chi connectivity index (χ0) is 15.2. The number of carbonyl (C=O) groups excluding carboxylic acids is 1. The molecule has 0 radical (unpaired) electrons. The highest BCUT2D eigenvalue weighted by atomic mass is 32.1. The number of ether oxygens (including phenoxy) is 2. The number of rotatable bonds is 6. The van der Waals surface area contributed by atoms with E-state index in [1.807, 2.05) is 0 Å². The van der Waals surface area contributed by atoms with Gasteiger partial charge in [-0.05, 0) is 18.7 Å². The van der Waals surface area contributed by atoms with Gasteiger partial charge in [0.2, 0.25) is 0 Å². The van der Waals surface area contributed by atoms with E-state index >= 15 is 0 Å². The molecule has 0 saturated heterocycles. The first-order valence-electron chi connectivity index (χ1n) is 6.35. The van der Waals surface area contributed by atoms with Crippen LogP contribution in [0, 0.1) is 0 Å². The van der Waals surface area contributed by atoms with Gasteiger partial charge < -0.3 is 20.5 Å². The Labute approximate surface area is 126 Å². The number of methoxy groups -OCH3 is 2. The molecule has 7 heteroatoms. The molecule has 0 atom stereocenters. The quantitative estimate of drug-likeness (QED) is 0.851. The summed E-state index contributed by atoms with van der Waals surface area (Å²) in [5.41, 5.74) is 6.42. The van der Waals surface area contributed by atoms with E-state index < -0.39 is 0 Å². The number of hydrogen-bond donors (Lipinski definition) is 2. The van der Waals surface area contributed by atoms with Crippen LogP contribution in [0.3, 0.4) is 0 Å². The highest BCUT2D eigenvalue weighted by Gasteiger charge is 2.13. The Morgan fingerprint density at radius 2 is 2.19 bits per heavy atom. The van der Waals surface area contributed by atoms with Crippen molar-refractivity contribution in [3.05, 3.63) is 34.3 Å². The number of nitrogens with two attached hydrogens (primary N) is 1. The van der Waals surface area contributed by atoms with Crippen molar-refractivity contribution in [2.45, 2.75) is 6.42 Å². The molecule has 1 aromatic heterocycles. The van der Waals surface area contributed by atoms with Gasteiger partial charge in [0.25, 0.3) is 5.91 Å². The van der Waals surface area contributed by atoms with Crippen molar-refractivity contribution in [1.82, 2.24) is 4.98 Å². The monoisotopic (exact) mass is 307 g/mol. The van der Waals surface area contributed by atoms with Crippen LogP contribution in [0.5, 0.6) is 11.5 Å². The molecule has 0 saturated carbocycles.